The zero-order chi connectivity index (χ0) is 15.9. The Hall–Kier alpha value is -1.80. The van der Waals surface area contributed by atoms with Gasteiger partial charge in [0.15, 0.2) is 9.84 Å². The second-order valence-electron chi connectivity index (χ2n) is 4.27. The van der Waals surface area contributed by atoms with Crippen molar-refractivity contribution in [2.24, 2.45) is 5.18 Å². The van der Waals surface area contributed by atoms with Crippen LogP contribution in [0.25, 0.3) is 0 Å². The molecule has 0 aromatic heterocycles. The Morgan fingerprint density at radius 2 is 1.86 bits per heavy atom. The molecule has 1 unspecified atom stereocenters. The molecule has 0 aliphatic rings. The minimum Gasteiger partial charge on any atom is -0.467 e. The van der Waals surface area contributed by atoms with E-state index in [1.165, 1.54) is 31.4 Å². The number of benzene rings is 1. The minimum absolute atomic E-state index is 0.0352. The molecule has 0 amide bonds. The summed E-state index contributed by atoms with van der Waals surface area (Å²) in [6.45, 7) is 0.358. The predicted octanol–water partition coefficient (Wildman–Crippen LogP) is 1.48. The van der Waals surface area contributed by atoms with E-state index in [0.717, 1.165) is 7.11 Å². The lowest BCUT2D eigenvalue weighted by Gasteiger charge is -2.09. The molecule has 0 fully saturated rings. The fourth-order valence-electron chi connectivity index (χ4n) is 1.72. The smallest absolute Gasteiger partial charge is 0.338 e. The highest BCUT2D eigenvalue weighted by molar-refractivity contribution is 7.91. The van der Waals surface area contributed by atoms with Crippen molar-refractivity contribution >= 4 is 15.8 Å². The summed E-state index contributed by atoms with van der Waals surface area (Å²) in [5, 5.41) is 2.69. The van der Waals surface area contributed by atoms with E-state index in [9.17, 15) is 18.1 Å². The third kappa shape index (κ3) is 4.61. The van der Waals surface area contributed by atoms with Crippen LogP contribution in [-0.4, -0.2) is 41.0 Å². The molecule has 0 aliphatic carbocycles. The zero-order valence-electron chi connectivity index (χ0n) is 11.8. The molecular formula is C13H17NO6S. The first kappa shape index (κ1) is 17.3. The highest BCUT2D eigenvalue weighted by Gasteiger charge is 2.23. The number of nitroso groups, excluding NO2 is 1. The van der Waals surface area contributed by atoms with Crippen LogP contribution in [0.15, 0.2) is 34.3 Å². The lowest BCUT2D eigenvalue weighted by molar-refractivity contribution is -0.142. The van der Waals surface area contributed by atoms with Crippen LogP contribution >= 0.6 is 0 Å². The summed E-state index contributed by atoms with van der Waals surface area (Å²) in [7, 11) is -0.764. The molecule has 0 radical (unpaired) electrons. The molecule has 1 aromatic rings. The Balaban J connectivity index is 2.91. The number of nitrogens with zero attached hydrogens (tertiary/aromatic N) is 1. The molecule has 7 nitrogen and oxygen atoms in total. The summed E-state index contributed by atoms with van der Waals surface area (Å²) in [5.41, 5.74) is 0.285. The normalized spacial score (nSPS) is 12.7. The van der Waals surface area contributed by atoms with Gasteiger partial charge in [0.25, 0.3) is 0 Å². The number of carbonyl (C=O) groups excluding carboxylic acids is 1. The Morgan fingerprint density at radius 3 is 2.33 bits per heavy atom. The highest BCUT2D eigenvalue weighted by atomic mass is 32.2. The van der Waals surface area contributed by atoms with Crippen molar-refractivity contribution in [3.8, 4) is 0 Å². The van der Waals surface area contributed by atoms with E-state index in [4.69, 9.17) is 4.74 Å². The first-order valence-electron chi connectivity index (χ1n) is 6.18. The summed E-state index contributed by atoms with van der Waals surface area (Å²) in [6, 6.07) is 4.16. The molecular weight excluding hydrogens is 298 g/mol. The predicted molar refractivity (Wildman–Crippen MR) is 75.5 cm³/mol. The molecule has 0 heterocycles. The molecule has 0 aliphatic heterocycles. The number of hydrogen-bond donors (Lipinski definition) is 0. The molecule has 21 heavy (non-hydrogen) atoms. The molecule has 1 aromatic carbocycles. The van der Waals surface area contributed by atoms with Gasteiger partial charge < -0.3 is 9.47 Å². The van der Waals surface area contributed by atoms with Gasteiger partial charge in [-0.05, 0) is 29.3 Å². The van der Waals surface area contributed by atoms with Crippen molar-refractivity contribution in [2.45, 2.75) is 17.4 Å². The molecule has 0 N–H and O–H groups in total. The largest absolute Gasteiger partial charge is 0.467 e. The lowest BCUT2D eigenvalue weighted by Crippen LogP contribution is -2.12. The van der Waals surface area contributed by atoms with Crippen LogP contribution < -0.4 is 0 Å². The van der Waals surface area contributed by atoms with Crippen molar-refractivity contribution in [3.63, 3.8) is 0 Å². The number of sulfone groups is 1. The average molecular weight is 315 g/mol. The second kappa shape index (κ2) is 7.84. The summed E-state index contributed by atoms with van der Waals surface area (Å²) in [4.78, 5) is 22.2. The van der Waals surface area contributed by atoms with Crippen LogP contribution in [0.4, 0.5) is 0 Å². The van der Waals surface area contributed by atoms with E-state index < -0.39 is 21.8 Å². The van der Waals surface area contributed by atoms with E-state index in [-0.39, 0.29) is 16.2 Å². The zero-order valence-corrected chi connectivity index (χ0v) is 12.6. The number of rotatable bonds is 8. The SMILES string of the molecule is COCCCS(=O)(=O)c1ccc(C(N=O)C(=O)OC)cc1. The van der Waals surface area contributed by atoms with Gasteiger partial charge in [0.2, 0.25) is 6.04 Å². The second-order valence-corrected chi connectivity index (χ2v) is 6.37. The number of carbonyl (C=O) groups is 1. The van der Waals surface area contributed by atoms with Crippen molar-refractivity contribution < 1.29 is 22.7 Å². The van der Waals surface area contributed by atoms with E-state index >= 15 is 0 Å². The van der Waals surface area contributed by atoms with Crippen LogP contribution in [0.2, 0.25) is 0 Å². The number of hydrogen-bond acceptors (Lipinski definition) is 7. The monoisotopic (exact) mass is 315 g/mol. The Morgan fingerprint density at radius 1 is 1.24 bits per heavy atom. The fraction of sp³-hybridized carbons (Fsp3) is 0.462. The van der Waals surface area contributed by atoms with Gasteiger partial charge in [-0.1, -0.05) is 12.1 Å². The maximum absolute atomic E-state index is 12.0. The fourth-order valence-corrected chi connectivity index (χ4v) is 3.00. The Labute approximate surface area is 123 Å². The summed E-state index contributed by atoms with van der Waals surface area (Å²) >= 11 is 0. The van der Waals surface area contributed by atoms with Gasteiger partial charge in [0.05, 0.1) is 17.8 Å². The van der Waals surface area contributed by atoms with Gasteiger partial charge >= 0.3 is 5.97 Å². The van der Waals surface area contributed by atoms with Crippen molar-refractivity contribution in [1.29, 1.82) is 0 Å². The van der Waals surface area contributed by atoms with Crippen molar-refractivity contribution in [3.05, 3.63) is 34.7 Å². The quantitative estimate of drug-likeness (QED) is 0.409. The van der Waals surface area contributed by atoms with E-state index in [1.807, 2.05) is 0 Å². The standard InChI is InChI=1S/C13H17NO6S/c1-19-8-3-9-21(17,18)11-6-4-10(5-7-11)12(14-16)13(15)20-2/h4-7,12H,3,8-9H2,1-2H3. The molecule has 8 heteroatoms. The van der Waals surface area contributed by atoms with Crippen LogP contribution in [-0.2, 0) is 24.1 Å². The number of esters is 1. The summed E-state index contributed by atoms with van der Waals surface area (Å²) in [6.07, 6.45) is 0.390. The van der Waals surface area contributed by atoms with E-state index in [0.29, 0.717) is 13.0 Å². The van der Waals surface area contributed by atoms with Gasteiger partial charge in [0, 0.05) is 13.7 Å². The lowest BCUT2D eigenvalue weighted by atomic mass is 10.1. The van der Waals surface area contributed by atoms with Crippen molar-refractivity contribution in [2.75, 3.05) is 26.6 Å². The van der Waals surface area contributed by atoms with Crippen LogP contribution in [0, 0.1) is 4.91 Å². The first-order chi connectivity index (χ1) is 9.96. The third-order valence-corrected chi connectivity index (χ3v) is 4.66. The number of methoxy groups -OCH3 is 2. The van der Waals surface area contributed by atoms with Crippen LogP contribution in [0.3, 0.4) is 0 Å². The van der Waals surface area contributed by atoms with Gasteiger partial charge in [-0.2, -0.15) is 0 Å². The molecule has 0 bridgehead atoms. The third-order valence-electron chi connectivity index (χ3n) is 2.85. The first-order valence-corrected chi connectivity index (χ1v) is 7.83. The minimum atomic E-state index is -3.41. The molecule has 0 saturated carbocycles. The summed E-state index contributed by atoms with van der Waals surface area (Å²) in [5.74, 6) is -0.826. The number of ether oxygens (including phenoxy) is 2. The maximum Gasteiger partial charge on any atom is 0.338 e. The topological polar surface area (TPSA) is 99.1 Å². The van der Waals surface area contributed by atoms with Crippen LogP contribution in [0.1, 0.15) is 18.0 Å². The Kier molecular flexibility index (Phi) is 6.44. The molecule has 0 saturated heterocycles. The van der Waals surface area contributed by atoms with Gasteiger partial charge in [-0.25, -0.2) is 13.2 Å². The van der Waals surface area contributed by atoms with Gasteiger partial charge in [-0.3, -0.25) is 0 Å². The molecule has 1 atom stereocenters. The Bertz CT molecular complexity index is 581. The molecule has 1 rings (SSSR count). The van der Waals surface area contributed by atoms with Gasteiger partial charge in [0.1, 0.15) is 0 Å². The molecule has 0 spiro atoms. The van der Waals surface area contributed by atoms with E-state index in [2.05, 4.69) is 9.91 Å². The average Bonchev–Trinajstić information content (AvgIpc) is 2.48. The van der Waals surface area contributed by atoms with Crippen LogP contribution in [0.5, 0.6) is 0 Å². The highest BCUT2D eigenvalue weighted by Crippen LogP contribution is 2.21. The van der Waals surface area contributed by atoms with Gasteiger partial charge in [-0.15, -0.1) is 4.91 Å². The van der Waals surface area contributed by atoms with E-state index in [1.54, 1.807) is 0 Å². The molecule has 116 valence electrons. The maximum atomic E-state index is 12.0. The van der Waals surface area contributed by atoms with Crippen molar-refractivity contribution in [1.82, 2.24) is 0 Å². The summed E-state index contributed by atoms with van der Waals surface area (Å²) < 4.78 is 33.3.